The van der Waals surface area contributed by atoms with Crippen LogP contribution in [0.4, 0.5) is 0 Å². The Morgan fingerprint density at radius 3 is 2.11 bits per heavy atom. The number of nitriles is 1. The molecule has 0 amide bonds. The molecule has 0 aromatic rings. The van der Waals surface area contributed by atoms with Gasteiger partial charge in [-0.15, -0.1) is 6.58 Å². The second-order valence-corrected chi connectivity index (χ2v) is 13.0. The van der Waals surface area contributed by atoms with Gasteiger partial charge in [-0.05, 0) is 110 Å². The van der Waals surface area contributed by atoms with E-state index in [2.05, 4.69) is 40.3 Å². The molecule has 5 fully saturated rings. The number of fused-ring (bicyclic) bond motifs is 7. The third-order valence-corrected chi connectivity index (χ3v) is 12.4. The Hall–Kier alpha value is -0.890. The van der Waals surface area contributed by atoms with Crippen LogP contribution >= 0.6 is 0 Å². The van der Waals surface area contributed by atoms with E-state index in [9.17, 15) is 5.26 Å². The predicted octanol–water partition coefficient (Wildman–Crippen LogP) is 7.10. The minimum absolute atomic E-state index is 0.0284. The van der Waals surface area contributed by atoms with Crippen LogP contribution in [-0.4, -0.2) is 30.0 Å². The molecule has 5 saturated carbocycles. The largest absolute Gasteiger partial charge is 0.400 e. The first-order chi connectivity index (χ1) is 17.1. The van der Waals surface area contributed by atoms with E-state index in [0.29, 0.717) is 34.1 Å². The van der Waals surface area contributed by atoms with Crippen LogP contribution in [0.3, 0.4) is 0 Å². The van der Waals surface area contributed by atoms with E-state index < -0.39 is 0 Å². The van der Waals surface area contributed by atoms with Crippen molar-refractivity contribution in [1.29, 1.82) is 5.26 Å². The molecule has 36 heavy (non-hydrogen) atoms. The molecule has 10 atom stereocenters. The van der Waals surface area contributed by atoms with Gasteiger partial charge < -0.3 is 15.9 Å². The quantitative estimate of drug-likeness (QED) is 0.333. The minimum atomic E-state index is 0.0284. The van der Waals surface area contributed by atoms with E-state index in [4.69, 9.17) is 15.9 Å². The maximum Gasteiger partial charge on any atom is 0.0692 e. The third kappa shape index (κ3) is 4.71. The highest BCUT2D eigenvalue weighted by Crippen LogP contribution is 2.75. The van der Waals surface area contributed by atoms with Crippen molar-refractivity contribution < 1.29 is 10.2 Å². The maximum atomic E-state index is 10.1. The fourth-order valence-electron chi connectivity index (χ4n) is 10.4. The molecule has 0 bridgehead atoms. The summed E-state index contributed by atoms with van der Waals surface area (Å²) >= 11 is 0. The molecule has 5 aliphatic rings. The summed E-state index contributed by atoms with van der Waals surface area (Å²) in [4.78, 5) is 0. The van der Waals surface area contributed by atoms with Crippen molar-refractivity contribution in [1.82, 2.24) is 0 Å². The molecule has 5 aliphatic carbocycles. The van der Waals surface area contributed by atoms with Crippen LogP contribution in [-0.2, 0) is 0 Å². The van der Waals surface area contributed by atoms with E-state index in [-0.39, 0.29) is 12.0 Å². The Morgan fingerprint density at radius 2 is 1.53 bits per heavy atom. The molecular weight excluding hydrogens is 444 g/mol. The Balaban J connectivity index is 0.000000512. The van der Waals surface area contributed by atoms with Crippen molar-refractivity contribution >= 4 is 0 Å². The molecule has 4 heteroatoms. The second-order valence-electron chi connectivity index (χ2n) is 13.0. The molecular formula is C32H58N2O2. The summed E-state index contributed by atoms with van der Waals surface area (Å²) < 4.78 is 0. The molecule has 0 aromatic carbocycles. The van der Waals surface area contributed by atoms with Crippen molar-refractivity contribution in [3.05, 3.63) is 12.7 Å². The van der Waals surface area contributed by atoms with Crippen LogP contribution in [0.15, 0.2) is 12.7 Å². The zero-order valence-corrected chi connectivity index (χ0v) is 24.7. The molecule has 208 valence electrons. The summed E-state index contributed by atoms with van der Waals surface area (Å²) in [7, 11) is 1.00. The molecule has 9 unspecified atom stereocenters. The third-order valence-electron chi connectivity index (χ3n) is 12.4. The lowest BCUT2D eigenvalue weighted by atomic mass is 9.33. The lowest BCUT2D eigenvalue weighted by molar-refractivity contribution is -0.222. The summed E-state index contributed by atoms with van der Waals surface area (Å²) in [5.41, 5.74) is 7.93. The fourth-order valence-corrected chi connectivity index (χ4v) is 10.4. The zero-order chi connectivity index (χ0) is 27.4. The monoisotopic (exact) mass is 502 g/mol. The number of aliphatic hydroxyl groups excluding tert-OH is 2. The van der Waals surface area contributed by atoms with E-state index in [0.717, 1.165) is 24.9 Å². The van der Waals surface area contributed by atoms with Crippen LogP contribution < -0.4 is 5.73 Å². The molecule has 0 spiro atoms. The van der Waals surface area contributed by atoms with E-state index >= 15 is 0 Å². The molecule has 0 aromatic heterocycles. The average Bonchev–Trinajstić information content (AvgIpc) is 3.34. The summed E-state index contributed by atoms with van der Waals surface area (Å²) in [6, 6.07) is 3.28. The van der Waals surface area contributed by atoms with Gasteiger partial charge in [-0.3, -0.25) is 0 Å². The van der Waals surface area contributed by atoms with Crippen LogP contribution in [0.1, 0.15) is 112 Å². The summed E-state index contributed by atoms with van der Waals surface area (Å²) in [6.45, 7) is 17.8. The minimum Gasteiger partial charge on any atom is -0.400 e. The number of hydrogen-bond acceptors (Lipinski definition) is 4. The number of nitrogens with zero attached hydrogens (tertiary/aromatic N) is 1. The molecule has 0 aliphatic heterocycles. The van der Waals surface area contributed by atoms with Crippen LogP contribution in [0.5, 0.6) is 0 Å². The standard InChI is InChI=1S/C26H42N2.C3H6O.C2H6.CH4O/c1-17-18-9-13-25(4)22(23(18,2)12-10-21(17)28)8-7-19-20-6-5-11-26(20,16-27)15-14-24(19,25)3;1-2-3-4;2*1-2/h17-22H,5-15,28H2,1-4H3;2,4H,1,3H2;1-2H3;2H,1H3/t17?,18?,19?,20?,21?,22?,23?,24-,25?,26?;;;/m1.../s1. The first-order valence-electron chi connectivity index (χ1n) is 15.0. The van der Waals surface area contributed by atoms with E-state index in [1.807, 2.05) is 13.8 Å². The first kappa shape index (κ1) is 31.3. The van der Waals surface area contributed by atoms with Gasteiger partial charge in [0.15, 0.2) is 0 Å². The van der Waals surface area contributed by atoms with Crippen molar-refractivity contribution in [2.45, 2.75) is 118 Å². The Morgan fingerprint density at radius 1 is 0.889 bits per heavy atom. The molecule has 0 radical (unpaired) electrons. The van der Waals surface area contributed by atoms with Gasteiger partial charge in [0.1, 0.15) is 0 Å². The highest BCUT2D eigenvalue weighted by molar-refractivity contribution is 5.20. The molecule has 4 nitrogen and oxygen atoms in total. The average molecular weight is 503 g/mol. The van der Waals surface area contributed by atoms with Crippen molar-refractivity contribution in [3.8, 4) is 6.07 Å². The smallest absolute Gasteiger partial charge is 0.0692 e. The molecule has 0 saturated heterocycles. The van der Waals surface area contributed by atoms with E-state index in [1.54, 1.807) is 0 Å². The molecule has 4 N–H and O–H groups in total. The highest BCUT2D eigenvalue weighted by Gasteiger charge is 2.68. The van der Waals surface area contributed by atoms with E-state index in [1.165, 1.54) is 76.7 Å². The lowest BCUT2D eigenvalue weighted by Gasteiger charge is -2.71. The van der Waals surface area contributed by atoms with Crippen molar-refractivity contribution in [2.75, 3.05) is 13.7 Å². The SMILES string of the molecule is C=CCO.CC.CC1C(N)CCC2(C)C1CCC1(C)C2CCC2C3CCCC3(C#N)CC[C@]21C.CO. The van der Waals surface area contributed by atoms with Gasteiger partial charge >= 0.3 is 0 Å². The summed E-state index contributed by atoms with van der Waals surface area (Å²) in [6.07, 6.45) is 15.8. The van der Waals surface area contributed by atoms with Gasteiger partial charge in [0, 0.05) is 13.2 Å². The van der Waals surface area contributed by atoms with Crippen LogP contribution in [0, 0.1) is 62.6 Å². The second kappa shape index (κ2) is 12.3. The van der Waals surface area contributed by atoms with Crippen LogP contribution in [0.2, 0.25) is 0 Å². The Bertz CT molecular complexity index is 764. The van der Waals surface area contributed by atoms with Gasteiger partial charge in [-0.25, -0.2) is 0 Å². The molecule has 0 heterocycles. The predicted molar refractivity (Wildman–Crippen MR) is 151 cm³/mol. The number of hydrogen-bond donors (Lipinski definition) is 3. The fraction of sp³-hybridized carbons (Fsp3) is 0.906. The molecule has 5 rings (SSSR count). The zero-order valence-electron chi connectivity index (χ0n) is 24.7. The van der Waals surface area contributed by atoms with Gasteiger partial charge in [-0.1, -0.05) is 54.0 Å². The number of rotatable bonds is 1. The summed E-state index contributed by atoms with van der Waals surface area (Å²) in [5, 5.41) is 24.9. The summed E-state index contributed by atoms with van der Waals surface area (Å²) in [5.74, 6) is 3.82. The number of aliphatic hydroxyl groups is 2. The van der Waals surface area contributed by atoms with Crippen molar-refractivity contribution in [3.63, 3.8) is 0 Å². The highest BCUT2D eigenvalue weighted by atomic mass is 16.2. The Kier molecular flexibility index (Phi) is 10.7. The van der Waals surface area contributed by atoms with Gasteiger partial charge in [0.25, 0.3) is 0 Å². The van der Waals surface area contributed by atoms with Gasteiger partial charge in [0.2, 0.25) is 0 Å². The Labute approximate surface area is 223 Å². The van der Waals surface area contributed by atoms with Gasteiger partial charge in [0.05, 0.1) is 18.1 Å². The van der Waals surface area contributed by atoms with Gasteiger partial charge in [-0.2, -0.15) is 5.26 Å². The first-order valence-corrected chi connectivity index (χ1v) is 15.0. The number of nitrogens with two attached hydrogens (primary N) is 1. The topological polar surface area (TPSA) is 90.3 Å². The maximum absolute atomic E-state index is 10.1. The van der Waals surface area contributed by atoms with Crippen LogP contribution in [0.25, 0.3) is 0 Å². The van der Waals surface area contributed by atoms with Crippen molar-refractivity contribution in [2.24, 2.45) is 57.0 Å². The normalized spacial score (nSPS) is 48.2. The lowest BCUT2D eigenvalue weighted by Crippen LogP contribution is -2.65.